The van der Waals surface area contributed by atoms with Gasteiger partial charge in [-0.2, -0.15) is 0 Å². The summed E-state index contributed by atoms with van der Waals surface area (Å²) in [6, 6.07) is 20.9. The molecule has 4 nitrogen and oxygen atoms in total. The smallest absolute Gasteiger partial charge is 0.265 e. The molecule has 2 N–H and O–H groups in total. The van der Waals surface area contributed by atoms with Gasteiger partial charge in [0.1, 0.15) is 0 Å². The highest BCUT2D eigenvalue weighted by Crippen LogP contribution is 2.16. The van der Waals surface area contributed by atoms with Crippen LogP contribution in [0.15, 0.2) is 71.5 Å². The van der Waals surface area contributed by atoms with Crippen molar-refractivity contribution in [3.8, 4) is 11.3 Å². The van der Waals surface area contributed by atoms with E-state index in [1.165, 1.54) is 6.07 Å². The Morgan fingerprint density at radius 1 is 1.05 bits per heavy atom. The van der Waals surface area contributed by atoms with Gasteiger partial charge in [-0.3, -0.25) is 9.89 Å². The molecule has 0 fully saturated rings. The number of aromatic nitrogens is 2. The largest absolute Gasteiger partial charge is 0.352 e. The molecule has 3 aromatic rings. The van der Waals surface area contributed by atoms with Crippen molar-refractivity contribution in [3.63, 3.8) is 0 Å². The number of nitrogens with zero attached hydrogens (tertiary/aromatic N) is 1. The van der Waals surface area contributed by atoms with E-state index >= 15 is 0 Å². The predicted octanol–water partition coefficient (Wildman–Crippen LogP) is 2.78. The van der Waals surface area contributed by atoms with Gasteiger partial charge in [-0.25, -0.2) is 4.68 Å². The summed E-state index contributed by atoms with van der Waals surface area (Å²) in [6.07, 6.45) is 0. The second-order valence-electron chi connectivity index (χ2n) is 4.71. The summed E-state index contributed by atoms with van der Waals surface area (Å²) >= 11 is 5.37. The van der Waals surface area contributed by atoms with Gasteiger partial charge >= 0.3 is 0 Å². The SMILES string of the molecule is O=c1cc(-c2ccccc2)n(C(=S)N[CH]c2ccccc2)[nH]1. The minimum Gasteiger partial charge on any atom is -0.352 e. The van der Waals surface area contributed by atoms with Crippen molar-refractivity contribution < 1.29 is 0 Å². The molecule has 5 heteroatoms. The van der Waals surface area contributed by atoms with Gasteiger partial charge in [0.05, 0.1) is 12.2 Å². The van der Waals surface area contributed by atoms with Gasteiger partial charge in [0, 0.05) is 11.6 Å². The van der Waals surface area contributed by atoms with Crippen LogP contribution < -0.4 is 10.9 Å². The molecule has 1 radical (unpaired) electrons. The van der Waals surface area contributed by atoms with Crippen LogP contribution in [0.5, 0.6) is 0 Å². The lowest BCUT2D eigenvalue weighted by Crippen LogP contribution is -2.28. The van der Waals surface area contributed by atoms with Crippen LogP contribution >= 0.6 is 12.2 Å². The molecule has 0 aliphatic carbocycles. The number of hydrogen-bond donors (Lipinski definition) is 2. The Bertz CT molecular complexity index is 822. The number of hydrogen-bond acceptors (Lipinski definition) is 2. The molecule has 1 heterocycles. The van der Waals surface area contributed by atoms with E-state index in [4.69, 9.17) is 12.2 Å². The zero-order valence-corrected chi connectivity index (χ0v) is 12.5. The molecule has 0 aliphatic rings. The third kappa shape index (κ3) is 3.15. The molecule has 0 aliphatic heterocycles. The molecule has 0 amide bonds. The van der Waals surface area contributed by atoms with E-state index in [-0.39, 0.29) is 5.56 Å². The van der Waals surface area contributed by atoms with Crippen LogP contribution in [0.2, 0.25) is 0 Å². The summed E-state index contributed by atoms with van der Waals surface area (Å²) in [5.41, 5.74) is 2.46. The number of nitrogens with one attached hydrogen (secondary N) is 2. The Balaban J connectivity index is 1.83. The highest BCUT2D eigenvalue weighted by atomic mass is 32.1. The van der Waals surface area contributed by atoms with Crippen LogP contribution in [0.1, 0.15) is 5.56 Å². The Kier molecular flexibility index (Phi) is 4.16. The molecule has 2 aromatic carbocycles. The van der Waals surface area contributed by atoms with Crippen molar-refractivity contribution in [2.24, 2.45) is 0 Å². The maximum absolute atomic E-state index is 11.7. The summed E-state index contributed by atoms with van der Waals surface area (Å²) in [7, 11) is 0. The number of H-pyrrole nitrogens is 1. The minimum absolute atomic E-state index is 0.192. The molecule has 0 saturated heterocycles. The Hall–Kier alpha value is -2.66. The van der Waals surface area contributed by atoms with Crippen molar-refractivity contribution in [2.75, 3.05) is 0 Å². The van der Waals surface area contributed by atoms with Crippen molar-refractivity contribution in [2.45, 2.75) is 0 Å². The molecule has 0 saturated carbocycles. The molecule has 3 rings (SSSR count). The number of rotatable bonds is 3. The van der Waals surface area contributed by atoms with Gasteiger partial charge in [0.25, 0.3) is 5.56 Å². The van der Waals surface area contributed by atoms with E-state index in [9.17, 15) is 4.79 Å². The summed E-state index contributed by atoms with van der Waals surface area (Å²) in [5, 5.41) is 6.16. The van der Waals surface area contributed by atoms with Gasteiger partial charge in [-0.1, -0.05) is 60.7 Å². The van der Waals surface area contributed by atoms with Crippen LogP contribution in [-0.4, -0.2) is 14.9 Å². The molecule has 0 bridgehead atoms. The minimum atomic E-state index is -0.192. The first-order valence-electron chi connectivity index (χ1n) is 6.81. The van der Waals surface area contributed by atoms with Crippen LogP contribution in [0.4, 0.5) is 0 Å². The van der Waals surface area contributed by atoms with Gasteiger partial charge in [-0.15, -0.1) is 0 Å². The number of aromatic amines is 1. The lowest BCUT2D eigenvalue weighted by atomic mass is 10.1. The highest BCUT2D eigenvalue weighted by molar-refractivity contribution is 7.80. The van der Waals surface area contributed by atoms with E-state index in [1.807, 2.05) is 60.7 Å². The summed E-state index contributed by atoms with van der Waals surface area (Å²) in [5.74, 6) is 0. The monoisotopic (exact) mass is 308 g/mol. The molecule has 1 aromatic heterocycles. The lowest BCUT2D eigenvalue weighted by molar-refractivity contribution is 0.893. The molecule has 0 atom stereocenters. The maximum Gasteiger partial charge on any atom is 0.265 e. The molecular weight excluding hydrogens is 294 g/mol. The van der Waals surface area contributed by atoms with E-state index in [2.05, 4.69) is 10.4 Å². The standard InChI is InChI=1S/C17H14N3OS/c21-16-11-15(14-9-5-2-6-10-14)20(19-16)17(22)18-12-13-7-3-1-4-8-13/h1-12H,(H,18,22)(H,19,21). The van der Waals surface area contributed by atoms with Crippen molar-refractivity contribution in [1.82, 2.24) is 15.1 Å². The first-order valence-corrected chi connectivity index (χ1v) is 7.21. The fourth-order valence-electron chi connectivity index (χ4n) is 2.13. The molecule has 109 valence electrons. The van der Waals surface area contributed by atoms with Crippen LogP contribution in [-0.2, 0) is 0 Å². The van der Waals surface area contributed by atoms with E-state index in [0.717, 1.165) is 16.8 Å². The average Bonchev–Trinajstić information content (AvgIpc) is 2.96. The van der Waals surface area contributed by atoms with Crippen molar-refractivity contribution >= 4 is 17.3 Å². The average molecular weight is 308 g/mol. The van der Waals surface area contributed by atoms with Crippen molar-refractivity contribution in [3.05, 3.63) is 89.2 Å². The van der Waals surface area contributed by atoms with Crippen LogP contribution in [0.25, 0.3) is 11.3 Å². The normalized spacial score (nSPS) is 10.4. The van der Waals surface area contributed by atoms with Crippen molar-refractivity contribution in [1.29, 1.82) is 0 Å². The quantitative estimate of drug-likeness (QED) is 0.732. The van der Waals surface area contributed by atoms with Crippen LogP contribution in [0, 0.1) is 6.54 Å². The molecule has 0 unspecified atom stereocenters. The predicted molar refractivity (Wildman–Crippen MR) is 91.5 cm³/mol. The first-order chi connectivity index (χ1) is 10.7. The van der Waals surface area contributed by atoms with Crippen LogP contribution in [0.3, 0.4) is 0 Å². The Morgan fingerprint density at radius 3 is 2.36 bits per heavy atom. The zero-order valence-electron chi connectivity index (χ0n) is 11.7. The summed E-state index contributed by atoms with van der Waals surface area (Å²) in [4.78, 5) is 11.7. The number of thiocarbonyl (C=S) groups is 1. The van der Waals surface area contributed by atoms with E-state index in [1.54, 1.807) is 11.2 Å². The summed E-state index contributed by atoms with van der Waals surface area (Å²) in [6.45, 7) is 1.80. The van der Waals surface area contributed by atoms with Gasteiger partial charge in [-0.05, 0) is 17.8 Å². The summed E-state index contributed by atoms with van der Waals surface area (Å²) < 4.78 is 1.58. The third-order valence-corrected chi connectivity index (χ3v) is 3.47. The second kappa shape index (κ2) is 6.41. The second-order valence-corrected chi connectivity index (χ2v) is 5.10. The highest BCUT2D eigenvalue weighted by Gasteiger charge is 2.10. The Labute approximate surface area is 133 Å². The first kappa shape index (κ1) is 14.3. The lowest BCUT2D eigenvalue weighted by Gasteiger charge is -2.11. The van der Waals surface area contributed by atoms with Gasteiger partial charge < -0.3 is 5.32 Å². The maximum atomic E-state index is 11.7. The molecule has 0 spiro atoms. The Morgan fingerprint density at radius 2 is 1.68 bits per heavy atom. The fourth-order valence-corrected chi connectivity index (χ4v) is 2.33. The third-order valence-electron chi connectivity index (χ3n) is 3.17. The molecular formula is C17H14N3OS. The van der Waals surface area contributed by atoms with E-state index < -0.39 is 0 Å². The topological polar surface area (TPSA) is 49.8 Å². The molecule has 22 heavy (non-hydrogen) atoms. The number of benzene rings is 2. The fraction of sp³-hybridized carbons (Fsp3) is 0. The zero-order chi connectivity index (χ0) is 15.4. The van der Waals surface area contributed by atoms with E-state index in [0.29, 0.717) is 5.11 Å². The van der Waals surface area contributed by atoms with Gasteiger partial charge in [0.2, 0.25) is 0 Å². The van der Waals surface area contributed by atoms with Gasteiger partial charge in [0.15, 0.2) is 5.11 Å².